The van der Waals surface area contributed by atoms with Gasteiger partial charge in [-0.2, -0.15) is 0 Å². The van der Waals surface area contributed by atoms with Crippen LogP contribution in [0, 0.1) is 15.9 Å². The van der Waals surface area contributed by atoms with Crippen LogP contribution in [-0.2, 0) is 0 Å². The fourth-order valence-corrected chi connectivity index (χ4v) is 1.85. The number of benzene rings is 2. The van der Waals surface area contributed by atoms with Gasteiger partial charge in [-0.1, -0.05) is 17.7 Å². The van der Waals surface area contributed by atoms with Crippen molar-refractivity contribution in [3.63, 3.8) is 0 Å². The highest BCUT2D eigenvalue weighted by molar-refractivity contribution is 6.33. The maximum absolute atomic E-state index is 13.7. The molecule has 108 valence electrons. The molecule has 2 aromatic carbocycles. The number of halogens is 2. The summed E-state index contributed by atoms with van der Waals surface area (Å²) in [6, 6.07) is 6.86. The average molecular weight is 312 g/mol. The highest BCUT2D eigenvalue weighted by Crippen LogP contribution is 2.32. The van der Waals surface area contributed by atoms with Gasteiger partial charge in [0.1, 0.15) is 11.3 Å². The molecule has 2 aromatic rings. The number of ether oxygens (including phenoxy) is 1. The standard InChI is InChI=1S/C13H7ClFNO5/c14-8-2-1-3-11(12(8)13(17)18)21-10-5-4-7(16(19)20)6-9(10)15/h1-6H,(H,17,18). The van der Waals surface area contributed by atoms with Crippen molar-refractivity contribution >= 4 is 23.3 Å². The lowest BCUT2D eigenvalue weighted by Gasteiger charge is -2.10. The lowest BCUT2D eigenvalue weighted by Crippen LogP contribution is -2.02. The maximum atomic E-state index is 13.7. The van der Waals surface area contributed by atoms with Gasteiger partial charge in [-0.3, -0.25) is 10.1 Å². The Balaban J connectivity index is 2.42. The number of non-ortho nitro benzene ring substituents is 1. The topological polar surface area (TPSA) is 89.7 Å². The van der Waals surface area contributed by atoms with Crippen molar-refractivity contribution in [1.82, 2.24) is 0 Å². The van der Waals surface area contributed by atoms with E-state index in [0.717, 1.165) is 12.1 Å². The molecule has 0 bridgehead atoms. The molecule has 0 aliphatic carbocycles. The molecule has 0 saturated carbocycles. The fourth-order valence-electron chi connectivity index (χ4n) is 1.60. The SMILES string of the molecule is O=C(O)c1c(Cl)cccc1Oc1ccc([N+](=O)[O-])cc1F. The van der Waals surface area contributed by atoms with E-state index in [1.807, 2.05) is 0 Å². The third kappa shape index (κ3) is 3.09. The number of carboxylic acids is 1. The Bertz CT molecular complexity index is 734. The summed E-state index contributed by atoms with van der Waals surface area (Å²) in [5.74, 6) is -2.83. The summed E-state index contributed by atoms with van der Waals surface area (Å²) in [6.45, 7) is 0. The summed E-state index contributed by atoms with van der Waals surface area (Å²) in [5, 5.41) is 19.5. The minimum atomic E-state index is -1.34. The lowest BCUT2D eigenvalue weighted by atomic mass is 10.2. The quantitative estimate of drug-likeness (QED) is 0.683. The first kappa shape index (κ1) is 14.7. The zero-order valence-electron chi connectivity index (χ0n) is 10.2. The van der Waals surface area contributed by atoms with Crippen LogP contribution in [0.25, 0.3) is 0 Å². The van der Waals surface area contributed by atoms with E-state index < -0.39 is 22.4 Å². The van der Waals surface area contributed by atoms with Crippen LogP contribution in [0.3, 0.4) is 0 Å². The second-order valence-corrected chi connectivity index (χ2v) is 4.30. The van der Waals surface area contributed by atoms with E-state index >= 15 is 0 Å². The van der Waals surface area contributed by atoms with Gasteiger partial charge < -0.3 is 9.84 Å². The minimum absolute atomic E-state index is 0.0673. The van der Waals surface area contributed by atoms with Gasteiger partial charge in [-0.25, -0.2) is 9.18 Å². The summed E-state index contributed by atoms with van der Waals surface area (Å²) in [4.78, 5) is 20.9. The van der Waals surface area contributed by atoms with Crippen LogP contribution >= 0.6 is 11.6 Å². The Morgan fingerprint density at radius 3 is 2.57 bits per heavy atom. The molecule has 0 spiro atoms. The molecule has 2 rings (SSSR count). The van der Waals surface area contributed by atoms with Gasteiger partial charge in [0.25, 0.3) is 5.69 Å². The zero-order chi connectivity index (χ0) is 15.6. The molecule has 21 heavy (non-hydrogen) atoms. The van der Waals surface area contributed by atoms with Crippen molar-refractivity contribution in [2.45, 2.75) is 0 Å². The first-order valence-corrected chi connectivity index (χ1v) is 5.91. The summed E-state index contributed by atoms with van der Waals surface area (Å²) in [5.41, 5.74) is -0.763. The van der Waals surface area contributed by atoms with Crippen LogP contribution < -0.4 is 4.74 Å². The Labute approximate surface area is 122 Å². The lowest BCUT2D eigenvalue weighted by molar-refractivity contribution is -0.385. The predicted molar refractivity (Wildman–Crippen MR) is 71.5 cm³/mol. The minimum Gasteiger partial charge on any atom is -0.478 e. The number of rotatable bonds is 4. The maximum Gasteiger partial charge on any atom is 0.341 e. The first-order valence-electron chi connectivity index (χ1n) is 5.53. The summed E-state index contributed by atoms with van der Waals surface area (Å²) in [7, 11) is 0. The fraction of sp³-hybridized carbons (Fsp3) is 0. The molecule has 0 radical (unpaired) electrons. The van der Waals surface area contributed by atoms with Gasteiger partial charge in [-0.15, -0.1) is 0 Å². The van der Waals surface area contributed by atoms with Crippen molar-refractivity contribution in [2.75, 3.05) is 0 Å². The molecule has 0 aliphatic rings. The molecule has 0 fully saturated rings. The molecular formula is C13H7ClFNO5. The first-order chi connectivity index (χ1) is 9.90. The number of nitrogens with zero attached hydrogens (tertiary/aromatic N) is 1. The largest absolute Gasteiger partial charge is 0.478 e. The Kier molecular flexibility index (Phi) is 4.04. The molecule has 8 heteroatoms. The zero-order valence-corrected chi connectivity index (χ0v) is 11.0. The summed E-state index contributed by atoms with van der Waals surface area (Å²) < 4.78 is 18.9. The van der Waals surface area contributed by atoms with Gasteiger partial charge in [0.2, 0.25) is 0 Å². The average Bonchev–Trinajstić information content (AvgIpc) is 2.40. The van der Waals surface area contributed by atoms with Crippen LogP contribution in [0.5, 0.6) is 11.5 Å². The number of carbonyl (C=O) groups is 1. The van der Waals surface area contributed by atoms with Crippen LogP contribution in [0.15, 0.2) is 36.4 Å². The Morgan fingerprint density at radius 1 is 1.29 bits per heavy atom. The molecular weight excluding hydrogens is 305 g/mol. The van der Waals surface area contributed by atoms with Gasteiger partial charge in [0.15, 0.2) is 11.6 Å². The molecule has 0 amide bonds. The Morgan fingerprint density at radius 2 is 2.00 bits per heavy atom. The third-order valence-corrected chi connectivity index (χ3v) is 2.85. The number of carboxylic acid groups (broad SMARTS) is 1. The van der Waals surface area contributed by atoms with Crippen LogP contribution in [0.2, 0.25) is 5.02 Å². The van der Waals surface area contributed by atoms with Crippen LogP contribution in [0.4, 0.5) is 10.1 Å². The van der Waals surface area contributed by atoms with E-state index in [9.17, 15) is 19.3 Å². The van der Waals surface area contributed by atoms with Gasteiger partial charge >= 0.3 is 5.97 Å². The van der Waals surface area contributed by atoms with Crippen molar-refractivity contribution in [2.24, 2.45) is 0 Å². The normalized spacial score (nSPS) is 10.2. The van der Waals surface area contributed by atoms with Gasteiger partial charge in [0.05, 0.1) is 16.0 Å². The predicted octanol–water partition coefficient (Wildman–Crippen LogP) is 3.88. The molecule has 0 saturated heterocycles. The smallest absolute Gasteiger partial charge is 0.341 e. The number of nitro groups is 1. The van der Waals surface area contributed by atoms with Crippen LogP contribution in [-0.4, -0.2) is 16.0 Å². The number of aromatic carboxylic acids is 1. The van der Waals surface area contributed by atoms with Crippen molar-refractivity contribution in [3.05, 3.63) is 62.9 Å². The molecule has 6 nitrogen and oxygen atoms in total. The third-order valence-electron chi connectivity index (χ3n) is 2.54. The van der Waals surface area contributed by atoms with Gasteiger partial charge in [0, 0.05) is 6.07 Å². The Hall–Kier alpha value is -2.67. The second-order valence-electron chi connectivity index (χ2n) is 3.89. The molecule has 1 N–H and O–H groups in total. The monoisotopic (exact) mass is 311 g/mol. The highest BCUT2D eigenvalue weighted by atomic mass is 35.5. The molecule has 0 atom stereocenters. The van der Waals surface area contributed by atoms with Crippen molar-refractivity contribution < 1.29 is 24.0 Å². The number of hydrogen-bond acceptors (Lipinski definition) is 4. The van der Waals surface area contributed by atoms with Crippen molar-refractivity contribution in [1.29, 1.82) is 0 Å². The van der Waals surface area contributed by atoms with Gasteiger partial charge in [-0.05, 0) is 18.2 Å². The number of hydrogen-bond donors (Lipinski definition) is 1. The second kappa shape index (κ2) is 5.76. The van der Waals surface area contributed by atoms with E-state index in [4.69, 9.17) is 21.4 Å². The van der Waals surface area contributed by atoms with E-state index in [1.54, 1.807) is 0 Å². The summed E-state index contributed by atoms with van der Waals surface area (Å²) >= 11 is 5.75. The highest BCUT2D eigenvalue weighted by Gasteiger charge is 2.18. The summed E-state index contributed by atoms with van der Waals surface area (Å²) in [6.07, 6.45) is 0. The van der Waals surface area contributed by atoms with Crippen molar-refractivity contribution in [3.8, 4) is 11.5 Å². The van der Waals surface area contributed by atoms with E-state index in [1.165, 1.54) is 18.2 Å². The number of nitro benzene ring substituents is 1. The van der Waals surface area contributed by atoms with E-state index in [0.29, 0.717) is 6.07 Å². The van der Waals surface area contributed by atoms with E-state index in [-0.39, 0.29) is 22.1 Å². The molecule has 0 unspecified atom stereocenters. The van der Waals surface area contributed by atoms with E-state index in [2.05, 4.69) is 0 Å². The molecule has 0 aromatic heterocycles. The molecule has 0 heterocycles. The molecule has 0 aliphatic heterocycles. The van der Waals surface area contributed by atoms with Crippen LogP contribution in [0.1, 0.15) is 10.4 Å².